The number of aromatic nitrogens is 1. The molecule has 5 aliphatic rings. The van der Waals surface area contributed by atoms with Crippen LogP contribution >= 0.6 is 0 Å². The van der Waals surface area contributed by atoms with Crippen LogP contribution in [0.2, 0.25) is 0 Å². The van der Waals surface area contributed by atoms with Crippen LogP contribution in [-0.2, 0) is 23.1 Å². The van der Waals surface area contributed by atoms with Crippen LogP contribution in [0.1, 0.15) is 55.2 Å². The Labute approximate surface area is 222 Å². The highest BCUT2D eigenvalue weighted by Crippen LogP contribution is 2.65. The van der Waals surface area contributed by atoms with Crippen molar-refractivity contribution in [2.24, 2.45) is 5.92 Å². The monoisotopic (exact) mass is 513 g/mol. The second kappa shape index (κ2) is 7.99. The maximum Gasteiger partial charge on any atom is 0.220 e. The quantitative estimate of drug-likeness (QED) is 0.404. The fourth-order valence-corrected chi connectivity index (χ4v) is 8.49. The van der Waals surface area contributed by atoms with Crippen molar-refractivity contribution in [3.63, 3.8) is 0 Å². The van der Waals surface area contributed by atoms with Crippen molar-refractivity contribution >= 4 is 16.8 Å². The van der Waals surface area contributed by atoms with E-state index in [-0.39, 0.29) is 29.8 Å². The SMILES string of the molecule is O=C(CCc1c[nH]c2ccccc12)N[C@H]1CC[C@@]2(O)[C@H]3Cc4ccc(O)c5c4[C@@]2(CCN3CC2CC2)[C@H]1O5. The highest BCUT2D eigenvalue weighted by atomic mass is 16.5. The number of carbonyl (C=O) groups is 1. The summed E-state index contributed by atoms with van der Waals surface area (Å²) in [5.41, 5.74) is 2.88. The van der Waals surface area contributed by atoms with E-state index < -0.39 is 11.0 Å². The number of phenols is 1. The Balaban J connectivity index is 1.08. The number of aromatic hydroxyl groups is 1. The molecule has 2 bridgehead atoms. The first kappa shape index (κ1) is 22.9. The van der Waals surface area contributed by atoms with E-state index in [1.165, 1.54) is 18.4 Å². The molecule has 4 N–H and O–H groups in total. The number of likely N-dealkylation sites (tertiary alicyclic amines) is 1. The van der Waals surface area contributed by atoms with Gasteiger partial charge in [0, 0.05) is 41.7 Å². The highest BCUT2D eigenvalue weighted by Gasteiger charge is 2.73. The molecule has 1 amide bonds. The van der Waals surface area contributed by atoms with Gasteiger partial charge in [-0.2, -0.15) is 0 Å². The number of benzene rings is 2. The highest BCUT2D eigenvalue weighted by molar-refractivity contribution is 5.84. The summed E-state index contributed by atoms with van der Waals surface area (Å²) in [6.07, 6.45) is 8.10. The average molecular weight is 514 g/mol. The van der Waals surface area contributed by atoms with E-state index in [4.69, 9.17) is 4.74 Å². The maximum absolute atomic E-state index is 13.3. The van der Waals surface area contributed by atoms with E-state index in [0.29, 0.717) is 31.4 Å². The van der Waals surface area contributed by atoms with E-state index in [9.17, 15) is 15.0 Å². The van der Waals surface area contributed by atoms with Gasteiger partial charge in [-0.05, 0) is 80.7 Å². The number of nitrogens with one attached hydrogen (secondary N) is 2. The fourth-order valence-electron chi connectivity index (χ4n) is 8.49. The smallest absolute Gasteiger partial charge is 0.220 e. The second-order valence-electron chi connectivity index (χ2n) is 12.4. The van der Waals surface area contributed by atoms with Gasteiger partial charge in [0.2, 0.25) is 5.91 Å². The lowest BCUT2D eigenvalue weighted by molar-refractivity contribution is -0.192. The minimum atomic E-state index is -0.928. The van der Waals surface area contributed by atoms with Crippen LogP contribution in [0.3, 0.4) is 0 Å². The van der Waals surface area contributed by atoms with Gasteiger partial charge in [0.25, 0.3) is 0 Å². The zero-order valence-corrected chi connectivity index (χ0v) is 21.6. The molecule has 38 heavy (non-hydrogen) atoms. The molecular formula is C31H35N3O4. The number of hydrogen-bond donors (Lipinski definition) is 4. The molecule has 8 rings (SSSR count). The molecule has 1 saturated heterocycles. The predicted molar refractivity (Wildman–Crippen MR) is 143 cm³/mol. The van der Waals surface area contributed by atoms with Crippen LogP contribution in [-0.4, -0.2) is 62.9 Å². The summed E-state index contributed by atoms with van der Waals surface area (Å²) >= 11 is 0. The lowest BCUT2D eigenvalue weighted by Crippen LogP contribution is -2.78. The number of fused-ring (bicyclic) bond motifs is 1. The molecule has 2 aliphatic heterocycles. The maximum atomic E-state index is 13.3. The van der Waals surface area contributed by atoms with E-state index >= 15 is 0 Å². The molecule has 2 aromatic carbocycles. The molecule has 0 unspecified atom stereocenters. The zero-order chi connectivity index (χ0) is 25.6. The predicted octanol–water partition coefficient (Wildman–Crippen LogP) is 3.56. The summed E-state index contributed by atoms with van der Waals surface area (Å²) in [5, 5.41) is 27.8. The van der Waals surface area contributed by atoms with Gasteiger partial charge in [-0.15, -0.1) is 0 Å². The molecule has 2 saturated carbocycles. The summed E-state index contributed by atoms with van der Waals surface area (Å²) in [7, 11) is 0. The molecule has 198 valence electrons. The van der Waals surface area contributed by atoms with Crippen molar-refractivity contribution in [1.29, 1.82) is 0 Å². The van der Waals surface area contributed by atoms with E-state index in [0.717, 1.165) is 53.9 Å². The van der Waals surface area contributed by atoms with Crippen LogP contribution in [0, 0.1) is 5.92 Å². The number of rotatable bonds is 6. The lowest BCUT2D eigenvalue weighted by Gasteiger charge is -2.64. The Morgan fingerprint density at radius 1 is 1.16 bits per heavy atom. The Morgan fingerprint density at radius 2 is 2.03 bits per heavy atom. The number of H-pyrrole nitrogens is 1. The Kier molecular flexibility index (Phi) is 4.82. The molecule has 3 aromatic rings. The number of aryl methyl sites for hydroxylation is 1. The molecular weight excluding hydrogens is 478 g/mol. The molecule has 7 heteroatoms. The number of nitrogens with zero attached hydrogens (tertiary/aromatic N) is 1. The average Bonchev–Trinajstić information content (AvgIpc) is 3.52. The minimum absolute atomic E-state index is 0.00431. The van der Waals surface area contributed by atoms with Crippen molar-refractivity contribution in [3.8, 4) is 11.5 Å². The van der Waals surface area contributed by atoms with Crippen molar-refractivity contribution in [3.05, 3.63) is 59.3 Å². The van der Waals surface area contributed by atoms with Crippen molar-refractivity contribution < 1.29 is 19.7 Å². The van der Waals surface area contributed by atoms with Crippen LogP contribution in [0.4, 0.5) is 0 Å². The third-order valence-corrected chi connectivity index (χ3v) is 10.4. The number of piperidine rings is 1. The van der Waals surface area contributed by atoms with Gasteiger partial charge in [-0.3, -0.25) is 9.69 Å². The van der Waals surface area contributed by atoms with Crippen LogP contribution < -0.4 is 10.1 Å². The van der Waals surface area contributed by atoms with Gasteiger partial charge in [-0.25, -0.2) is 0 Å². The van der Waals surface area contributed by atoms with Gasteiger partial charge >= 0.3 is 0 Å². The molecule has 3 fully saturated rings. The first-order valence-corrected chi connectivity index (χ1v) is 14.3. The van der Waals surface area contributed by atoms with Crippen LogP contribution in [0.15, 0.2) is 42.6 Å². The molecule has 1 aromatic heterocycles. The molecule has 0 radical (unpaired) electrons. The molecule has 3 aliphatic carbocycles. The molecule has 5 atom stereocenters. The van der Waals surface area contributed by atoms with E-state index in [1.54, 1.807) is 6.07 Å². The topological polar surface area (TPSA) is 97.8 Å². The molecule has 7 nitrogen and oxygen atoms in total. The van der Waals surface area contributed by atoms with Gasteiger partial charge in [0.1, 0.15) is 6.10 Å². The minimum Gasteiger partial charge on any atom is -0.504 e. The Morgan fingerprint density at radius 3 is 2.89 bits per heavy atom. The number of aliphatic hydroxyl groups is 1. The first-order chi connectivity index (χ1) is 18.5. The third-order valence-electron chi connectivity index (χ3n) is 10.4. The van der Waals surface area contributed by atoms with Crippen molar-refractivity contribution in [2.45, 2.75) is 80.6 Å². The van der Waals surface area contributed by atoms with Gasteiger partial charge in [0.15, 0.2) is 11.5 Å². The van der Waals surface area contributed by atoms with E-state index in [2.05, 4.69) is 21.3 Å². The number of aromatic amines is 1. The second-order valence-corrected chi connectivity index (χ2v) is 12.4. The summed E-state index contributed by atoms with van der Waals surface area (Å²) < 4.78 is 6.58. The van der Waals surface area contributed by atoms with Crippen molar-refractivity contribution in [2.75, 3.05) is 13.1 Å². The number of hydrogen-bond acceptors (Lipinski definition) is 5. The number of phenolic OH excluding ortho intramolecular Hbond substituents is 1. The molecule has 1 spiro atoms. The fraction of sp³-hybridized carbons (Fsp3) is 0.516. The standard InChI is InChI=1S/C31H35N3O4/c35-24-9-7-19-15-25-31(37)12-11-23(33-26(36)10-8-20-16-32-22-4-2-1-3-21(20)22)29-30(31,27(19)28(24)38-29)13-14-34(25)17-18-5-6-18/h1-4,7,9,16,18,23,25,29,32,35,37H,5-6,8,10-15,17H2,(H,33,36)/t23-,25+,29-,30-,31+/m0/s1. The zero-order valence-electron chi connectivity index (χ0n) is 21.6. The number of ether oxygens (including phenoxy) is 1. The number of para-hydroxylation sites is 1. The summed E-state index contributed by atoms with van der Waals surface area (Å²) in [6, 6.07) is 11.8. The summed E-state index contributed by atoms with van der Waals surface area (Å²) in [5.74, 6) is 1.43. The van der Waals surface area contributed by atoms with E-state index in [1.807, 2.05) is 30.5 Å². The van der Waals surface area contributed by atoms with Crippen molar-refractivity contribution in [1.82, 2.24) is 15.2 Å². The summed E-state index contributed by atoms with van der Waals surface area (Å²) in [4.78, 5) is 19.1. The van der Waals surface area contributed by atoms with Gasteiger partial charge in [-0.1, -0.05) is 24.3 Å². The summed E-state index contributed by atoms with van der Waals surface area (Å²) in [6.45, 7) is 1.97. The molecule has 3 heterocycles. The van der Waals surface area contributed by atoms with Crippen LogP contribution in [0.25, 0.3) is 10.9 Å². The van der Waals surface area contributed by atoms with Gasteiger partial charge in [0.05, 0.1) is 17.1 Å². The Hall–Kier alpha value is -3.03. The normalized spacial score (nSPS) is 33.1. The largest absolute Gasteiger partial charge is 0.504 e. The number of carbonyl (C=O) groups excluding carboxylic acids is 1. The Bertz CT molecular complexity index is 1450. The number of amides is 1. The van der Waals surface area contributed by atoms with Crippen LogP contribution in [0.5, 0.6) is 11.5 Å². The lowest BCUT2D eigenvalue weighted by atomic mass is 9.48. The third kappa shape index (κ3) is 3.06. The first-order valence-electron chi connectivity index (χ1n) is 14.3. The van der Waals surface area contributed by atoms with Gasteiger partial charge < -0.3 is 25.3 Å².